The van der Waals surface area contributed by atoms with E-state index >= 15 is 0 Å². The van der Waals surface area contributed by atoms with Crippen LogP contribution < -0.4 is 5.32 Å². The van der Waals surface area contributed by atoms with Crippen molar-refractivity contribution in [3.8, 4) is 0 Å². The molecule has 0 aliphatic carbocycles. The zero-order chi connectivity index (χ0) is 19.4. The molecule has 0 fully saturated rings. The summed E-state index contributed by atoms with van der Waals surface area (Å²) in [5.41, 5.74) is 3.25. The summed E-state index contributed by atoms with van der Waals surface area (Å²) in [6.45, 7) is 9.26. The summed E-state index contributed by atoms with van der Waals surface area (Å²) in [4.78, 5) is 16.9. The molecule has 2 heterocycles. The summed E-state index contributed by atoms with van der Waals surface area (Å²) in [7, 11) is 0. The first kappa shape index (κ1) is 18.9. The van der Waals surface area contributed by atoms with E-state index in [2.05, 4.69) is 58.8 Å². The highest BCUT2D eigenvalue weighted by Crippen LogP contribution is 2.17. The number of nitrogens with one attached hydrogen (secondary N) is 2. The van der Waals surface area contributed by atoms with Crippen molar-refractivity contribution in [2.45, 2.75) is 46.6 Å². The van der Waals surface area contributed by atoms with Crippen molar-refractivity contribution in [3.05, 3.63) is 65.5 Å². The van der Waals surface area contributed by atoms with Crippen LogP contribution in [0.4, 0.5) is 5.69 Å². The normalized spacial score (nSPS) is 11.3. The number of carbonyl (C=O) groups excluding carboxylic acids is 1. The van der Waals surface area contributed by atoms with Gasteiger partial charge in [0.05, 0.1) is 0 Å². The maximum absolute atomic E-state index is 12.5. The second-order valence-corrected chi connectivity index (χ2v) is 7.60. The Balaban J connectivity index is 1.69. The molecule has 0 saturated heterocycles. The highest BCUT2D eigenvalue weighted by Gasteiger charge is 2.12. The molecular weight excluding hydrogens is 338 g/mol. The lowest BCUT2D eigenvalue weighted by molar-refractivity contribution is 0.102. The van der Waals surface area contributed by atoms with E-state index < -0.39 is 0 Å². The van der Waals surface area contributed by atoms with Gasteiger partial charge < -0.3 is 9.88 Å². The molecule has 0 saturated carbocycles. The van der Waals surface area contributed by atoms with Gasteiger partial charge in [-0.1, -0.05) is 39.8 Å². The van der Waals surface area contributed by atoms with Crippen molar-refractivity contribution in [1.29, 1.82) is 0 Å². The fourth-order valence-corrected chi connectivity index (χ4v) is 3.12. The van der Waals surface area contributed by atoms with E-state index in [1.807, 2.05) is 36.7 Å². The maximum atomic E-state index is 12.5. The zero-order valence-electron chi connectivity index (χ0n) is 16.4. The summed E-state index contributed by atoms with van der Waals surface area (Å²) in [5.74, 6) is 1.72. The van der Waals surface area contributed by atoms with Gasteiger partial charge in [-0.25, -0.2) is 4.98 Å². The molecule has 0 unspecified atom stereocenters. The Bertz CT molecular complexity index is 907. The standard InChI is InChI=1S/C21H27N5O/c1-14(2)10-18-12-19(25-24-18)21(27)23-17-7-5-6-16(11-17)13-26-9-8-22-20(26)15(3)4/h5-9,11-12,14-15H,10,13H2,1-4H3,(H,23,27)(H,24,25). The van der Waals surface area contributed by atoms with Crippen molar-refractivity contribution in [2.24, 2.45) is 5.92 Å². The van der Waals surface area contributed by atoms with Gasteiger partial charge >= 0.3 is 0 Å². The Hall–Kier alpha value is -2.89. The van der Waals surface area contributed by atoms with E-state index in [9.17, 15) is 4.79 Å². The fourth-order valence-electron chi connectivity index (χ4n) is 3.12. The van der Waals surface area contributed by atoms with Crippen molar-refractivity contribution < 1.29 is 4.79 Å². The minimum absolute atomic E-state index is 0.205. The van der Waals surface area contributed by atoms with Crippen LogP contribution in [0, 0.1) is 5.92 Å². The second-order valence-electron chi connectivity index (χ2n) is 7.60. The van der Waals surface area contributed by atoms with Crippen molar-refractivity contribution in [3.63, 3.8) is 0 Å². The number of nitrogens with zero attached hydrogens (tertiary/aromatic N) is 3. The molecule has 6 heteroatoms. The molecule has 1 amide bonds. The lowest BCUT2D eigenvalue weighted by Gasteiger charge is -2.11. The van der Waals surface area contributed by atoms with Crippen molar-refractivity contribution >= 4 is 11.6 Å². The van der Waals surface area contributed by atoms with Gasteiger partial charge in [-0.3, -0.25) is 9.89 Å². The lowest BCUT2D eigenvalue weighted by Crippen LogP contribution is -2.13. The van der Waals surface area contributed by atoms with Crippen LogP contribution in [-0.4, -0.2) is 25.7 Å². The summed E-state index contributed by atoms with van der Waals surface area (Å²) in [6, 6.07) is 9.70. The molecule has 6 nitrogen and oxygen atoms in total. The molecule has 1 aromatic carbocycles. The molecule has 0 aliphatic heterocycles. The van der Waals surface area contributed by atoms with Crippen LogP contribution in [0.15, 0.2) is 42.7 Å². The maximum Gasteiger partial charge on any atom is 0.276 e. The molecule has 3 rings (SSSR count). The summed E-state index contributed by atoms with van der Waals surface area (Å²) in [6.07, 6.45) is 4.69. The fraction of sp³-hybridized carbons (Fsp3) is 0.381. The number of H-pyrrole nitrogens is 1. The van der Waals surface area contributed by atoms with Gasteiger partial charge in [-0.05, 0) is 36.1 Å². The van der Waals surface area contributed by atoms with Gasteiger partial charge in [0.15, 0.2) is 5.69 Å². The molecule has 2 N–H and O–H groups in total. The molecule has 0 spiro atoms. The SMILES string of the molecule is CC(C)Cc1cc(C(=O)Nc2cccc(Cn3ccnc3C(C)C)c2)n[nH]1. The Morgan fingerprint density at radius 1 is 1.22 bits per heavy atom. The number of benzene rings is 1. The van der Waals surface area contributed by atoms with E-state index in [1.165, 1.54) is 0 Å². The van der Waals surface area contributed by atoms with Crippen LogP contribution in [0.2, 0.25) is 0 Å². The third kappa shape index (κ3) is 4.84. The average molecular weight is 365 g/mol. The highest BCUT2D eigenvalue weighted by molar-refractivity contribution is 6.02. The monoisotopic (exact) mass is 365 g/mol. The predicted octanol–water partition coefficient (Wildman–Crippen LogP) is 4.23. The molecule has 142 valence electrons. The number of hydrogen-bond donors (Lipinski definition) is 2. The number of aromatic nitrogens is 4. The van der Waals surface area contributed by atoms with E-state index in [1.54, 1.807) is 0 Å². The van der Waals surface area contributed by atoms with Crippen LogP contribution in [0.25, 0.3) is 0 Å². The van der Waals surface area contributed by atoms with E-state index in [0.717, 1.165) is 35.7 Å². The molecule has 27 heavy (non-hydrogen) atoms. The Labute approximate surface area is 160 Å². The first-order valence-corrected chi connectivity index (χ1v) is 9.38. The first-order chi connectivity index (χ1) is 12.9. The molecule has 3 aromatic rings. The van der Waals surface area contributed by atoms with E-state index in [-0.39, 0.29) is 5.91 Å². The lowest BCUT2D eigenvalue weighted by atomic mass is 10.1. The van der Waals surface area contributed by atoms with Crippen LogP contribution in [-0.2, 0) is 13.0 Å². The summed E-state index contributed by atoms with van der Waals surface area (Å²) >= 11 is 0. The van der Waals surface area contributed by atoms with Crippen molar-refractivity contribution in [2.75, 3.05) is 5.32 Å². The topological polar surface area (TPSA) is 75.6 Å². The molecule has 2 aromatic heterocycles. The number of carbonyl (C=O) groups is 1. The van der Waals surface area contributed by atoms with Crippen LogP contribution in [0.5, 0.6) is 0 Å². The van der Waals surface area contributed by atoms with E-state index in [4.69, 9.17) is 0 Å². The van der Waals surface area contributed by atoms with E-state index in [0.29, 0.717) is 17.5 Å². The second kappa shape index (κ2) is 8.20. The Morgan fingerprint density at radius 2 is 2.04 bits per heavy atom. The molecular formula is C21H27N5O. The molecule has 0 aliphatic rings. The number of amides is 1. The van der Waals surface area contributed by atoms with Gasteiger partial charge in [0.25, 0.3) is 5.91 Å². The molecule has 0 atom stereocenters. The Morgan fingerprint density at radius 3 is 2.78 bits per heavy atom. The third-order valence-corrected chi connectivity index (χ3v) is 4.29. The first-order valence-electron chi connectivity index (χ1n) is 9.38. The van der Waals surface area contributed by atoms with Gasteiger partial charge in [0, 0.05) is 36.2 Å². The number of hydrogen-bond acceptors (Lipinski definition) is 3. The summed E-state index contributed by atoms with van der Waals surface area (Å²) in [5, 5.41) is 10.0. The minimum Gasteiger partial charge on any atom is -0.330 e. The van der Waals surface area contributed by atoms with Crippen LogP contribution in [0.3, 0.4) is 0 Å². The van der Waals surface area contributed by atoms with Crippen molar-refractivity contribution in [1.82, 2.24) is 19.7 Å². The minimum atomic E-state index is -0.205. The highest BCUT2D eigenvalue weighted by atomic mass is 16.1. The number of aromatic amines is 1. The third-order valence-electron chi connectivity index (χ3n) is 4.29. The van der Waals surface area contributed by atoms with Gasteiger partial charge in [-0.2, -0.15) is 5.10 Å². The summed E-state index contributed by atoms with van der Waals surface area (Å²) < 4.78 is 2.14. The molecule has 0 bridgehead atoms. The quantitative estimate of drug-likeness (QED) is 0.658. The van der Waals surface area contributed by atoms with Gasteiger partial charge in [0.1, 0.15) is 5.82 Å². The average Bonchev–Trinajstić information content (AvgIpc) is 3.24. The van der Waals surface area contributed by atoms with Gasteiger partial charge in [0.2, 0.25) is 0 Å². The zero-order valence-corrected chi connectivity index (χ0v) is 16.4. The molecule has 0 radical (unpaired) electrons. The van der Waals surface area contributed by atoms with Crippen LogP contribution in [0.1, 0.15) is 61.2 Å². The van der Waals surface area contributed by atoms with Crippen LogP contribution >= 0.6 is 0 Å². The van der Waals surface area contributed by atoms with Gasteiger partial charge in [-0.15, -0.1) is 0 Å². The number of imidazole rings is 1. The largest absolute Gasteiger partial charge is 0.330 e. The number of rotatable bonds is 7. The Kier molecular flexibility index (Phi) is 5.74. The number of anilines is 1. The predicted molar refractivity (Wildman–Crippen MR) is 107 cm³/mol. The smallest absolute Gasteiger partial charge is 0.276 e.